The third-order valence-corrected chi connectivity index (χ3v) is 4.42. The number of hydrogen-bond acceptors (Lipinski definition) is 4. The molecule has 0 fully saturated rings. The van der Waals surface area contributed by atoms with Crippen LogP contribution in [0.3, 0.4) is 0 Å². The minimum Gasteiger partial charge on any atom is -0.486 e. The van der Waals surface area contributed by atoms with Gasteiger partial charge in [-0.25, -0.2) is 0 Å². The molecule has 0 aliphatic rings. The molecule has 0 unspecified atom stereocenters. The highest BCUT2D eigenvalue weighted by molar-refractivity contribution is 6.30. The average Bonchev–Trinajstić information content (AvgIpc) is 3.40. The van der Waals surface area contributed by atoms with E-state index >= 15 is 0 Å². The lowest BCUT2D eigenvalue weighted by Gasteiger charge is -2.07. The molecule has 1 N–H and O–H groups in total. The summed E-state index contributed by atoms with van der Waals surface area (Å²) in [6.07, 6.45) is 3.62. The molecule has 0 spiro atoms. The Morgan fingerprint density at radius 1 is 1.10 bits per heavy atom. The Balaban J connectivity index is 1.36. The first kappa shape index (κ1) is 18.8. The standard InChI is InChI=1S/C22H18ClN3O3/c23-17-5-7-19(8-6-17)28-15-20-9-10-21(29-20)22(27)25-18-4-1-3-16(13-18)14-26-12-2-11-24-26/h1-13H,14-15H2,(H,25,27). The molecule has 6 nitrogen and oxygen atoms in total. The predicted molar refractivity (Wildman–Crippen MR) is 110 cm³/mol. The minimum atomic E-state index is -0.320. The minimum absolute atomic E-state index is 0.217. The number of rotatable bonds is 7. The summed E-state index contributed by atoms with van der Waals surface area (Å²) in [6.45, 7) is 0.845. The van der Waals surface area contributed by atoms with Gasteiger partial charge in [0.15, 0.2) is 5.76 Å². The van der Waals surface area contributed by atoms with Gasteiger partial charge in [-0.2, -0.15) is 5.10 Å². The Morgan fingerprint density at radius 3 is 2.76 bits per heavy atom. The molecule has 0 atom stereocenters. The topological polar surface area (TPSA) is 69.3 Å². The maximum Gasteiger partial charge on any atom is 0.291 e. The van der Waals surface area contributed by atoms with E-state index in [1.807, 2.05) is 41.2 Å². The molecule has 0 saturated heterocycles. The fourth-order valence-electron chi connectivity index (χ4n) is 2.78. The number of halogens is 1. The number of nitrogens with one attached hydrogen (secondary N) is 1. The smallest absolute Gasteiger partial charge is 0.291 e. The quantitative estimate of drug-likeness (QED) is 0.467. The summed E-state index contributed by atoms with van der Waals surface area (Å²) in [5, 5.41) is 7.69. The summed E-state index contributed by atoms with van der Waals surface area (Å²) in [6, 6.07) is 19.9. The number of furan rings is 1. The maximum absolute atomic E-state index is 12.5. The van der Waals surface area contributed by atoms with Gasteiger partial charge >= 0.3 is 0 Å². The van der Waals surface area contributed by atoms with Gasteiger partial charge in [0.05, 0.1) is 6.54 Å². The van der Waals surface area contributed by atoms with Gasteiger partial charge in [0.2, 0.25) is 0 Å². The highest BCUT2D eigenvalue weighted by Gasteiger charge is 2.12. The molecule has 1 amide bonds. The van der Waals surface area contributed by atoms with Crippen molar-refractivity contribution in [1.82, 2.24) is 9.78 Å². The van der Waals surface area contributed by atoms with Gasteiger partial charge in [0.25, 0.3) is 5.91 Å². The first-order chi connectivity index (χ1) is 14.2. The summed E-state index contributed by atoms with van der Waals surface area (Å²) in [7, 11) is 0. The van der Waals surface area contributed by atoms with E-state index in [9.17, 15) is 4.79 Å². The molecule has 0 aliphatic heterocycles. The van der Waals surface area contributed by atoms with Crippen LogP contribution in [0.4, 0.5) is 5.69 Å². The van der Waals surface area contributed by atoms with Gasteiger partial charge in [0.1, 0.15) is 18.1 Å². The number of carbonyl (C=O) groups excluding carboxylic acids is 1. The Hall–Kier alpha value is -3.51. The van der Waals surface area contributed by atoms with E-state index in [-0.39, 0.29) is 18.3 Å². The SMILES string of the molecule is O=C(Nc1cccc(Cn2cccn2)c1)c1ccc(COc2ccc(Cl)cc2)o1. The molecule has 2 heterocycles. The molecular weight excluding hydrogens is 390 g/mol. The van der Waals surface area contributed by atoms with Crippen LogP contribution >= 0.6 is 11.6 Å². The van der Waals surface area contributed by atoms with Gasteiger partial charge in [-0.1, -0.05) is 23.7 Å². The molecule has 4 rings (SSSR count). The zero-order chi connectivity index (χ0) is 20.1. The van der Waals surface area contributed by atoms with Crippen molar-refractivity contribution in [1.29, 1.82) is 0 Å². The van der Waals surface area contributed by atoms with Crippen molar-refractivity contribution in [3.63, 3.8) is 0 Å². The number of nitrogens with zero attached hydrogens (tertiary/aromatic N) is 2. The summed E-state index contributed by atoms with van der Waals surface area (Å²) in [5.41, 5.74) is 1.72. The monoisotopic (exact) mass is 407 g/mol. The normalized spacial score (nSPS) is 10.7. The van der Waals surface area contributed by atoms with Crippen LogP contribution in [-0.2, 0) is 13.2 Å². The second-order valence-corrected chi connectivity index (χ2v) is 6.80. The van der Waals surface area contributed by atoms with Gasteiger partial charge in [-0.05, 0) is 60.2 Å². The van der Waals surface area contributed by atoms with E-state index in [2.05, 4.69) is 10.4 Å². The summed E-state index contributed by atoms with van der Waals surface area (Å²) >= 11 is 5.86. The molecule has 0 radical (unpaired) electrons. The molecule has 0 aliphatic carbocycles. The van der Waals surface area contributed by atoms with Crippen molar-refractivity contribution in [2.24, 2.45) is 0 Å². The third kappa shape index (κ3) is 5.06. The van der Waals surface area contributed by atoms with E-state index < -0.39 is 0 Å². The summed E-state index contributed by atoms with van der Waals surface area (Å²) in [5.74, 6) is 1.12. The second kappa shape index (κ2) is 8.67. The molecule has 2 aromatic heterocycles. The zero-order valence-electron chi connectivity index (χ0n) is 15.4. The molecule has 7 heteroatoms. The molecular formula is C22H18ClN3O3. The first-order valence-electron chi connectivity index (χ1n) is 9.00. The van der Waals surface area contributed by atoms with Gasteiger partial charge in [0, 0.05) is 23.1 Å². The molecule has 146 valence electrons. The van der Waals surface area contributed by atoms with E-state index in [0.29, 0.717) is 28.8 Å². The lowest BCUT2D eigenvalue weighted by molar-refractivity contribution is 0.0992. The van der Waals surface area contributed by atoms with Crippen LogP contribution in [0.25, 0.3) is 0 Å². The van der Waals surface area contributed by atoms with Crippen LogP contribution in [0.5, 0.6) is 5.75 Å². The number of carbonyl (C=O) groups is 1. The molecule has 2 aromatic carbocycles. The lowest BCUT2D eigenvalue weighted by atomic mass is 10.2. The van der Waals surface area contributed by atoms with E-state index in [0.717, 1.165) is 5.56 Å². The molecule has 4 aromatic rings. The third-order valence-electron chi connectivity index (χ3n) is 4.17. The number of hydrogen-bond donors (Lipinski definition) is 1. The zero-order valence-corrected chi connectivity index (χ0v) is 16.2. The largest absolute Gasteiger partial charge is 0.486 e. The maximum atomic E-state index is 12.5. The van der Waals surface area contributed by atoms with Crippen LogP contribution < -0.4 is 10.1 Å². The first-order valence-corrected chi connectivity index (χ1v) is 9.38. The van der Waals surface area contributed by atoms with Crippen LogP contribution in [0, 0.1) is 0 Å². The average molecular weight is 408 g/mol. The fourth-order valence-corrected chi connectivity index (χ4v) is 2.91. The number of benzene rings is 2. The van der Waals surface area contributed by atoms with Gasteiger partial charge < -0.3 is 14.5 Å². The van der Waals surface area contributed by atoms with Crippen molar-refractivity contribution in [2.45, 2.75) is 13.2 Å². The number of ether oxygens (including phenoxy) is 1. The van der Waals surface area contributed by atoms with E-state index in [4.69, 9.17) is 20.8 Å². The van der Waals surface area contributed by atoms with Gasteiger partial charge in [-0.3, -0.25) is 9.48 Å². The number of anilines is 1. The fraction of sp³-hybridized carbons (Fsp3) is 0.0909. The van der Waals surface area contributed by atoms with Crippen molar-refractivity contribution in [2.75, 3.05) is 5.32 Å². The van der Waals surface area contributed by atoms with E-state index in [1.54, 1.807) is 42.6 Å². The number of amides is 1. The molecule has 29 heavy (non-hydrogen) atoms. The highest BCUT2D eigenvalue weighted by atomic mass is 35.5. The van der Waals surface area contributed by atoms with Crippen molar-refractivity contribution in [3.8, 4) is 5.75 Å². The van der Waals surface area contributed by atoms with E-state index in [1.165, 1.54) is 0 Å². The summed E-state index contributed by atoms with van der Waals surface area (Å²) < 4.78 is 13.1. The number of aromatic nitrogens is 2. The van der Waals surface area contributed by atoms with Gasteiger partial charge in [-0.15, -0.1) is 0 Å². The second-order valence-electron chi connectivity index (χ2n) is 6.37. The summed E-state index contributed by atoms with van der Waals surface area (Å²) in [4.78, 5) is 12.5. The van der Waals surface area contributed by atoms with Crippen molar-refractivity contribution in [3.05, 3.63) is 101 Å². The molecule has 0 saturated carbocycles. The Bertz CT molecular complexity index is 1090. The highest BCUT2D eigenvalue weighted by Crippen LogP contribution is 2.19. The van der Waals surface area contributed by atoms with Crippen LogP contribution in [-0.4, -0.2) is 15.7 Å². The van der Waals surface area contributed by atoms with Crippen molar-refractivity contribution < 1.29 is 13.9 Å². The Labute approximate surface area is 172 Å². The predicted octanol–water partition coefficient (Wildman–Crippen LogP) is 5.01. The van der Waals surface area contributed by atoms with Crippen LogP contribution in [0.15, 0.2) is 83.5 Å². The Kier molecular flexibility index (Phi) is 5.63. The molecule has 0 bridgehead atoms. The Morgan fingerprint density at radius 2 is 1.97 bits per heavy atom. The van der Waals surface area contributed by atoms with Crippen LogP contribution in [0.1, 0.15) is 21.9 Å². The lowest BCUT2D eigenvalue weighted by Crippen LogP contribution is -2.11. The van der Waals surface area contributed by atoms with Crippen molar-refractivity contribution >= 4 is 23.2 Å². The van der Waals surface area contributed by atoms with Crippen LogP contribution in [0.2, 0.25) is 5.02 Å².